The van der Waals surface area contributed by atoms with Crippen molar-refractivity contribution in [1.82, 2.24) is 0 Å². The molecule has 88 valence electrons. The van der Waals surface area contributed by atoms with E-state index < -0.39 is 30.4 Å². The number of hydrogen-bond acceptors (Lipinski definition) is 0. The van der Waals surface area contributed by atoms with Crippen LogP contribution in [0.4, 0.5) is 0 Å². The Morgan fingerprint density at radius 2 is 0.500 bits per heavy atom. The Hall–Kier alpha value is -0.0125. The average molecular weight is 281 g/mol. The van der Waals surface area contributed by atoms with Crippen molar-refractivity contribution in [2.24, 2.45) is 0 Å². The van der Waals surface area contributed by atoms with Crippen molar-refractivity contribution in [3.05, 3.63) is 0 Å². The smallest absolute Gasteiger partial charge is 0.137 e. The molecule has 4 heteroatoms. The lowest BCUT2D eigenvalue weighted by Crippen LogP contribution is -2.59. The van der Waals surface area contributed by atoms with E-state index in [1.165, 1.54) is 0 Å². The van der Waals surface area contributed by atoms with Crippen molar-refractivity contribution in [2.45, 2.75) is 52.4 Å². The fourth-order valence-electron chi connectivity index (χ4n) is 1.25. The Kier molecular flexibility index (Phi) is 3.29. The summed E-state index contributed by atoms with van der Waals surface area (Å²) in [5.74, 6) is 0. The summed E-state index contributed by atoms with van der Waals surface area (Å²) in [5.41, 5.74) is 15.0. The molecule has 0 saturated carbocycles. The van der Waals surface area contributed by atoms with Crippen molar-refractivity contribution < 1.29 is 0 Å². The minimum absolute atomic E-state index is 1.39. The van der Waals surface area contributed by atoms with Crippen molar-refractivity contribution in [2.75, 3.05) is 0 Å². The highest BCUT2D eigenvalue weighted by atomic mass is 29.3. The van der Waals surface area contributed by atoms with Crippen molar-refractivity contribution in [1.29, 1.82) is 0 Å². The van der Waals surface area contributed by atoms with Crippen LogP contribution in [0, 0.1) is 22.2 Å². The molecule has 0 N–H and O–H groups in total. The van der Waals surface area contributed by atoms with E-state index in [1.54, 1.807) is 0 Å². The van der Waals surface area contributed by atoms with E-state index in [9.17, 15) is 0 Å². The van der Waals surface area contributed by atoms with Gasteiger partial charge in [0.25, 0.3) is 0 Å². The minimum atomic E-state index is -1.39. The topological polar surface area (TPSA) is 0 Å². The molecule has 0 saturated heterocycles. The third-order valence-corrected chi connectivity index (χ3v) is 34.5. The third kappa shape index (κ3) is 2.31. The molecular weight excluding hydrogens is 256 g/mol. The van der Waals surface area contributed by atoms with Gasteiger partial charge in [-0.15, -0.1) is 22.2 Å². The van der Waals surface area contributed by atoms with Gasteiger partial charge in [-0.1, -0.05) is 52.4 Å². The summed E-state index contributed by atoms with van der Waals surface area (Å²) in [6.45, 7) is 19.4. The van der Waals surface area contributed by atoms with Crippen LogP contribution >= 0.6 is 0 Å². The van der Waals surface area contributed by atoms with Gasteiger partial charge in [0, 0.05) is 0 Å². The average Bonchev–Trinajstić information content (AvgIpc) is 2.11. The largest absolute Gasteiger partial charge is 0.141 e. The van der Waals surface area contributed by atoms with Gasteiger partial charge < -0.3 is 0 Å². The van der Waals surface area contributed by atoms with Crippen LogP contribution in [0.25, 0.3) is 0 Å². The van der Waals surface area contributed by atoms with Gasteiger partial charge in [-0.05, 0) is 0 Å². The Labute approximate surface area is 105 Å². The van der Waals surface area contributed by atoms with Gasteiger partial charge in [0.2, 0.25) is 0 Å². The van der Waals surface area contributed by atoms with Crippen LogP contribution in [0.15, 0.2) is 0 Å². The molecule has 0 amide bonds. The fraction of sp³-hybridized carbons (Fsp3) is 0.667. The number of rotatable bonds is 0. The molecule has 0 nitrogen and oxygen atoms in total. The Bertz CT molecular complexity index is 343. The lowest BCUT2D eigenvalue weighted by Gasteiger charge is -2.35. The number of hydrogen-bond donors (Lipinski definition) is 0. The van der Waals surface area contributed by atoms with Gasteiger partial charge >= 0.3 is 0 Å². The zero-order valence-electron chi connectivity index (χ0n) is 12.0. The molecular formula is C12H24Si4. The van der Waals surface area contributed by atoms with Crippen LogP contribution in [0.3, 0.4) is 0 Å². The molecule has 0 spiro atoms. The molecule has 0 atom stereocenters. The molecule has 0 fully saturated rings. The maximum Gasteiger partial charge on any atom is 0.137 e. The molecule has 1 aliphatic heterocycles. The first-order chi connectivity index (χ1) is 6.91. The van der Waals surface area contributed by atoms with Gasteiger partial charge in [0.05, 0.1) is 0 Å². The van der Waals surface area contributed by atoms with Gasteiger partial charge in [-0.3, -0.25) is 0 Å². The highest BCUT2D eigenvalue weighted by molar-refractivity contribution is 7.51. The van der Waals surface area contributed by atoms with E-state index in [2.05, 4.69) is 74.6 Å². The first kappa shape index (κ1) is 14.1. The van der Waals surface area contributed by atoms with Crippen LogP contribution in [0.2, 0.25) is 52.4 Å². The molecule has 0 radical (unpaired) electrons. The molecule has 1 rings (SSSR count). The Morgan fingerprint density at radius 3 is 0.625 bits per heavy atom. The van der Waals surface area contributed by atoms with Crippen LogP contribution in [0.5, 0.6) is 0 Å². The van der Waals surface area contributed by atoms with E-state index in [0.29, 0.717) is 0 Å². The SMILES string of the molecule is C[Si]1(C)C#C[Si](C)(C)[Si](C)(C)C#C[Si]1(C)C. The first-order valence-corrected chi connectivity index (χ1v) is 20.0. The quantitative estimate of drug-likeness (QED) is 0.472. The molecule has 16 heavy (non-hydrogen) atoms. The minimum Gasteiger partial charge on any atom is -0.141 e. The molecule has 1 aliphatic rings. The molecule has 0 bridgehead atoms. The van der Waals surface area contributed by atoms with E-state index >= 15 is 0 Å². The normalized spacial score (nSPS) is 27.5. The predicted molar refractivity (Wildman–Crippen MR) is 85.5 cm³/mol. The van der Waals surface area contributed by atoms with E-state index in [-0.39, 0.29) is 0 Å². The van der Waals surface area contributed by atoms with Crippen molar-refractivity contribution >= 4 is 30.4 Å². The first-order valence-electron chi connectivity index (χ1n) is 6.00. The lowest BCUT2D eigenvalue weighted by molar-refractivity contribution is 1.81. The Morgan fingerprint density at radius 1 is 0.375 bits per heavy atom. The molecule has 0 aromatic rings. The van der Waals surface area contributed by atoms with Crippen LogP contribution in [0.1, 0.15) is 0 Å². The standard InChI is InChI=1S/C12H24Si4/c1-13(2)9-10-15(5,6)16(7,8)12-11-14(13,3)4/h1-8H3. The summed E-state index contributed by atoms with van der Waals surface area (Å²) in [6.07, 6.45) is 0. The molecule has 0 aromatic carbocycles. The van der Waals surface area contributed by atoms with Crippen LogP contribution < -0.4 is 0 Å². The fourth-order valence-corrected chi connectivity index (χ4v) is 13.5. The summed E-state index contributed by atoms with van der Waals surface area (Å²) in [7, 11) is -5.56. The second-order valence-corrected chi connectivity index (χ2v) is 36.0. The van der Waals surface area contributed by atoms with Gasteiger partial charge in [0.1, 0.15) is 30.4 Å². The van der Waals surface area contributed by atoms with Crippen molar-refractivity contribution in [3.63, 3.8) is 0 Å². The van der Waals surface area contributed by atoms with E-state index in [4.69, 9.17) is 0 Å². The second-order valence-electron chi connectivity index (χ2n) is 7.00. The zero-order valence-corrected chi connectivity index (χ0v) is 16.0. The van der Waals surface area contributed by atoms with Crippen LogP contribution in [-0.2, 0) is 0 Å². The van der Waals surface area contributed by atoms with Crippen molar-refractivity contribution in [3.8, 4) is 22.2 Å². The van der Waals surface area contributed by atoms with E-state index in [0.717, 1.165) is 0 Å². The summed E-state index contributed by atoms with van der Waals surface area (Å²) >= 11 is 0. The monoisotopic (exact) mass is 280 g/mol. The highest BCUT2D eigenvalue weighted by Crippen LogP contribution is 2.23. The summed E-state index contributed by atoms with van der Waals surface area (Å²) < 4.78 is 0. The van der Waals surface area contributed by atoms with E-state index in [1.807, 2.05) is 0 Å². The summed E-state index contributed by atoms with van der Waals surface area (Å²) in [6, 6.07) is 0. The maximum atomic E-state index is 3.74. The van der Waals surface area contributed by atoms with Gasteiger partial charge in [-0.25, -0.2) is 0 Å². The molecule has 0 aliphatic carbocycles. The zero-order chi connectivity index (χ0) is 12.8. The summed E-state index contributed by atoms with van der Waals surface area (Å²) in [4.78, 5) is 0. The lowest BCUT2D eigenvalue weighted by atomic mass is 11.4. The molecule has 0 aromatic heterocycles. The summed E-state index contributed by atoms with van der Waals surface area (Å²) in [5, 5.41) is 0. The molecule has 1 heterocycles. The maximum absolute atomic E-state index is 3.74. The molecule has 0 unspecified atom stereocenters. The second kappa shape index (κ2) is 3.74. The van der Waals surface area contributed by atoms with Gasteiger partial charge in [0.15, 0.2) is 0 Å². The predicted octanol–water partition coefficient (Wildman–Crippen LogP) is 3.15. The van der Waals surface area contributed by atoms with Crippen LogP contribution in [-0.4, -0.2) is 30.4 Å². The van der Waals surface area contributed by atoms with Gasteiger partial charge in [-0.2, -0.15) is 0 Å². The third-order valence-electron chi connectivity index (χ3n) is 4.50. The highest BCUT2D eigenvalue weighted by Gasteiger charge is 2.45. The Balaban J connectivity index is 3.40.